The number of amides is 2. The summed E-state index contributed by atoms with van der Waals surface area (Å²) in [6.45, 7) is 8.68. The fraction of sp³-hybridized carbons (Fsp3) is 0.750. The lowest BCUT2D eigenvalue weighted by Gasteiger charge is -2.37. The molecule has 2 saturated heterocycles. The lowest BCUT2D eigenvalue weighted by atomic mass is 10.1. The van der Waals surface area contributed by atoms with E-state index in [0.717, 1.165) is 19.6 Å². The molecular formula is C16H27N3O4S. The van der Waals surface area contributed by atoms with Crippen molar-refractivity contribution >= 4 is 24.6 Å². The number of thiol groups is 1. The summed E-state index contributed by atoms with van der Waals surface area (Å²) in [4.78, 5) is 30.6. The van der Waals surface area contributed by atoms with E-state index in [2.05, 4.69) is 24.1 Å². The Bertz CT molecular complexity index is 455. The van der Waals surface area contributed by atoms with Gasteiger partial charge in [-0.25, -0.2) is 4.79 Å². The predicted molar refractivity (Wildman–Crippen MR) is 94.3 cm³/mol. The van der Waals surface area contributed by atoms with Crippen LogP contribution in [0.2, 0.25) is 0 Å². The average Bonchev–Trinajstić information content (AvgIpc) is 2.99. The summed E-state index contributed by atoms with van der Waals surface area (Å²) in [5.74, 6) is -0.00602. The Balaban J connectivity index is 1.90. The third kappa shape index (κ3) is 4.87. The Morgan fingerprint density at radius 2 is 2.00 bits per heavy atom. The maximum atomic E-state index is 12.8. The molecule has 2 rings (SSSR count). The highest BCUT2D eigenvalue weighted by molar-refractivity contribution is 7.81. The van der Waals surface area contributed by atoms with Gasteiger partial charge in [0.25, 0.3) is 0 Å². The van der Waals surface area contributed by atoms with Gasteiger partial charge < -0.3 is 14.4 Å². The van der Waals surface area contributed by atoms with Crippen LogP contribution in [-0.2, 0) is 14.3 Å². The molecule has 0 aromatic rings. The van der Waals surface area contributed by atoms with E-state index in [1.165, 1.54) is 11.0 Å². The summed E-state index contributed by atoms with van der Waals surface area (Å²) in [5.41, 5.74) is 0. The Labute approximate surface area is 148 Å². The second-order valence-electron chi connectivity index (χ2n) is 6.08. The molecule has 2 heterocycles. The van der Waals surface area contributed by atoms with E-state index in [1.54, 1.807) is 7.11 Å². The highest BCUT2D eigenvalue weighted by Crippen LogP contribution is 2.24. The zero-order valence-electron chi connectivity index (χ0n) is 14.2. The van der Waals surface area contributed by atoms with Gasteiger partial charge >= 0.3 is 6.09 Å². The lowest BCUT2D eigenvalue weighted by molar-refractivity contribution is -0.137. The molecule has 0 saturated carbocycles. The molecule has 0 N–H and O–H groups in total. The molecule has 24 heavy (non-hydrogen) atoms. The summed E-state index contributed by atoms with van der Waals surface area (Å²) in [7, 11) is 1.69. The second-order valence-corrected chi connectivity index (χ2v) is 6.81. The normalized spacial score (nSPS) is 24.9. The van der Waals surface area contributed by atoms with Crippen molar-refractivity contribution in [3.05, 3.63) is 12.7 Å². The van der Waals surface area contributed by atoms with Crippen LogP contribution in [0, 0.1) is 0 Å². The van der Waals surface area contributed by atoms with Crippen LogP contribution >= 0.6 is 12.6 Å². The van der Waals surface area contributed by atoms with Crippen LogP contribution in [0.25, 0.3) is 0 Å². The number of likely N-dealkylation sites (tertiary alicyclic amines) is 1. The molecule has 0 aromatic carbocycles. The third-order valence-electron chi connectivity index (χ3n) is 4.42. The summed E-state index contributed by atoms with van der Waals surface area (Å²) >= 11 is 4.45. The SMILES string of the molecule is C=CCOC(=O)N1C[C@@H](S)C[C@H]1C(=O)N1CCN(CCOC)CC1. The number of carbonyl (C=O) groups is 2. The number of piperazine rings is 1. The fourth-order valence-electron chi connectivity index (χ4n) is 3.09. The quantitative estimate of drug-likeness (QED) is 0.553. The van der Waals surface area contributed by atoms with Crippen molar-refractivity contribution in [2.24, 2.45) is 0 Å². The van der Waals surface area contributed by atoms with E-state index in [1.807, 2.05) is 4.90 Å². The molecule has 2 fully saturated rings. The van der Waals surface area contributed by atoms with Crippen LogP contribution in [0.1, 0.15) is 6.42 Å². The number of rotatable bonds is 6. The first kappa shape index (κ1) is 19.1. The minimum absolute atomic E-state index is 0.00165. The van der Waals surface area contributed by atoms with Crippen molar-refractivity contribution < 1.29 is 19.1 Å². The van der Waals surface area contributed by atoms with Crippen molar-refractivity contribution in [1.29, 1.82) is 0 Å². The van der Waals surface area contributed by atoms with E-state index in [9.17, 15) is 9.59 Å². The highest BCUT2D eigenvalue weighted by atomic mass is 32.1. The fourth-order valence-corrected chi connectivity index (χ4v) is 3.46. The molecule has 2 atom stereocenters. The number of nitrogens with zero attached hydrogens (tertiary/aromatic N) is 3. The molecule has 2 aliphatic rings. The monoisotopic (exact) mass is 357 g/mol. The topological polar surface area (TPSA) is 62.3 Å². The van der Waals surface area contributed by atoms with Crippen molar-refractivity contribution in [1.82, 2.24) is 14.7 Å². The summed E-state index contributed by atoms with van der Waals surface area (Å²) in [6.07, 6.45) is 1.61. The zero-order chi connectivity index (χ0) is 17.5. The zero-order valence-corrected chi connectivity index (χ0v) is 15.1. The number of ether oxygens (including phenoxy) is 2. The predicted octanol–water partition coefficient (Wildman–Crippen LogP) is 0.472. The molecule has 0 spiro atoms. The Kier molecular flexibility index (Phi) is 7.39. The Hall–Kier alpha value is -1.25. The van der Waals surface area contributed by atoms with Gasteiger partial charge in [-0.15, -0.1) is 0 Å². The van der Waals surface area contributed by atoms with Gasteiger partial charge in [0.05, 0.1) is 6.61 Å². The molecular weight excluding hydrogens is 330 g/mol. The van der Waals surface area contributed by atoms with Gasteiger partial charge in [0, 0.05) is 51.6 Å². The highest BCUT2D eigenvalue weighted by Gasteiger charge is 2.41. The van der Waals surface area contributed by atoms with Crippen LogP contribution in [0.3, 0.4) is 0 Å². The molecule has 0 bridgehead atoms. The van der Waals surface area contributed by atoms with Gasteiger partial charge in [0.15, 0.2) is 0 Å². The number of hydrogen-bond acceptors (Lipinski definition) is 6. The first-order chi connectivity index (χ1) is 11.6. The molecule has 2 amide bonds. The van der Waals surface area contributed by atoms with Crippen LogP contribution in [0.4, 0.5) is 4.79 Å². The van der Waals surface area contributed by atoms with Gasteiger partial charge in [0.2, 0.25) is 5.91 Å². The van der Waals surface area contributed by atoms with Gasteiger partial charge in [-0.05, 0) is 6.42 Å². The minimum atomic E-state index is -0.477. The average molecular weight is 357 g/mol. The molecule has 0 unspecified atom stereocenters. The summed E-state index contributed by atoms with van der Waals surface area (Å²) in [6, 6.07) is -0.477. The second kappa shape index (κ2) is 9.29. The first-order valence-electron chi connectivity index (χ1n) is 8.29. The van der Waals surface area contributed by atoms with Gasteiger partial charge in [0.1, 0.15) is 12.6 Å². The molecule has 136 valence electrons. The maximum Gasteiger partial charge on any atom is 0.410 e. The first-order valence-corrected chi connectivity index (χ1v) is 8.81. The van der Waals surface area contributed by atoms with Crippen molar-refractivity contribution in [2.45, 2.75) is 17.7 Å². The molecule has 7 nitrogen and oxygen atoms in total. The van der Waals surface area contributed by atoms with E-state index >= 15 is 0 Å². The number of hydrogen-bond donors (Lipinski definition) is 1. The van der Waals surface area contributed by atoms with E-state index in [4.69, 9.17) is 9.47 Å². The molecule has 0 radical (unpaired) electrons. The van der Waals surface area contributed by atoms with Crippen LogP contribution in [0.15, 0.2) is 12.7 Å². The molecule has 8 heteroatoms. The number of methoxy groups -OCH3 is 1. The van der Waals surface area contributed by atoms with Crippen molar-refractivity contribution in [2.75, 3.05) is 59.6 Å². The van der Waals surface area contributed by atoms with Crippen molar-refractivity contribution in [3.63, 3.8) is 0 Å². The van der Waals surface area contributed by atoms with E-state index < -0.39 is 12.1 Å². The van der Waals surface area contributed by atoms with Crippen molar-refractivity contribution in [3.8, 4) is 0 Å². The van der Waals surface area contributed by atoms with Gasteiger partial charge in [-0.1, -0.05) is 12.7 Å². The summed E-state index contributed by atoms with van der Waals surface area (Å²) < 4.78 is 10.2. The van der Waals surface area contributed by atoms with Crippen LogP contribution in [0.5, 0.6) is 0 Å². The van der Waals surface area contributed by atoms with Gasteiger partial charge in [-0.2, -0.15) is 12.6 Å². The van der Waals surface area contributed by atoms with E-state index in [-0.39, 0.29) is 17.8 Å². The molecule has 0 aromatic heterocycles. The van der Waals surface area contributed by atoms with Crippen LogP contribution in [-0.4, -0.2) is 97.6 Å². The van der Waals surface area contributed by atoms with Gasteiger partial charge in [-0.3, -0.25) is 14.6 Å². The molecule has 2 aliphatic heterocycles. The third-order valence-corrected chi connectivity index (χ3v) is 4.79. The minimum Gasteiger partial charge on any atom is -0.445 e. The Morgan fingerprint density at radius 1 is 1.29 bits per heavy atom. The van der Waals surface area contributed by atoms with Crippen LogP contribution < -0.4 is 0 Å². The largest absolute Gasteiger partial charge is 0.445 e. The smallest absolute Gasteiger partial charge is 0.410 e. The van der Waals surface area contributed by atoms with E-state index in [0.29, 0.717) is 32.7 Å². The Morgan fingerprint density at radius 3 is 2.62 bits per heavy atom. The maximum absolute atomic E-state index is 12.8. The standard InChI is InChI=1S/C16H27N3O4S/c1-3-9-23-16(21)19-12-13(24)11-14(19)15(20)18-6-4-17(5-7-18)8-10-22-2/h3,13-14,24H,1,4-12H2,2H3/t13-,14-/m0/s1. The number of carbonyl (C=O) groups excluding carboxylic acids is 2. The summed E-state index contributed by atoms with van der Waals surface area (Å²) in [5, 5.41) is -0.00165. The lowest BCUT2D eigenvalue weighted by Crippen LogP contribution is -2.54. The molecule has 0 aliphatic carbocycles.